The first kappa shape index (κ1) is 19.0. The fourth-order valence-electron chi connectivity index (χ4n) is 3.18. The predicted octanol–water partition coefficient (Wildman–Crippen LogP) is 1.64. The molecular formula is C18H26N2O5S. The Kier molecular flexibility index (Phi) is 5.72. The topological polar surface area (TPSA) is 84.9 Å². The molecule has 2 heterocycles. The molecule has 1 unspecified atom stereocenters. The van der Waals surface area contributed by atoms with Crippen molar-refractivity contribution in [2.75, 3.05) is 32.8 Å². The second-order valence-electron chi connectivity index (χ2n) is 7.06. The molecule has 1 N–H and O–H groups in total. The molecule has 3 rings (SSSR count). The molecule has 0 radical (unpaired) electrons. The van der Waals surface area contributed by atoms with Crippen molar-refractivity contribution in [1.82, 2.24) is 9.62 Å². The molecule has 1 aromatic rings. The van der Waals surface area contributed by atoms with Crippen molar-refractivity contribution in [3.63, 3.8) is 0 Å². The number of sulfonamides is 1. The second kappa shape index (κ2) is 7.84. The van der Waals surface area contributed by atoms with Crippen LogP contribution in [0.25, 0.3) is 0 Å². The zero-order chi connectivity index (χ0) is 18.7. The van der Waals surface area contributed by atoms with Crippen LogP contribution in [-0.2, 0) is 10.0 Å². The lowest BCUT2D eigenvalue weighted by Gasteiger charge is -2.33. The molecule has 2 aliphatic heterocycles. The molecule has 1 saturated heterocycles. The number of piperidine rings is 1. The summed E-state index contributed by atoms with van der Waals surface area (Å²) in [6.45, 7) is 5.90. The SMILES string of the molecule is CC(C)S(=O)(=O)NCC1CCCN(C(=O)c2ccc3c(c2)OCCO3)C1. The monoisotopic (exact) mass is 382 g/mol. The van der Waals surface area contributed by atoms with Gasteiger partial charge in [0.2, 0.25) is 10.0 Å². The van der Waals surface area contributed by atoms with Gasteiger partial charge in [0.15, 0.2) is 11.5 Å². The van der Waals surface area contributed by atoms with Gasteiger partial charge in [-0.3, -0.25) is 4.79 Å². The summed E-state index contributed by atoms with van der Waals surface area (Å²) >= 11 is 0. The molecule has 0 saturated carbocycles. The number of carbonyl (C=O) groups is 1. The fraction of sp³-hybridized carbons (Fsp3) is 0.611. The van der Waals surface area contributed by atoms with Gasteiger partial charge >= 0.3 is 0 Å². The highest BCUT2D eigenvalue weighted by atomic mass is 32.2. The molecule has 2 aliphatic rings. The largest absolute Gasteiger partial charge is 0.486 e. The summed E-state index contributed by atoms with van der Waals surface area (Å²) < 4.78 is 37.6. The molecule has 0 spiro atoms. The van der Waals surface area contributed by atoms with E-state index in [1.165, 1.54) is 0 Å². The van der Waals surface area contributed by atoms with Crippen LogP contribution in [0.5, 0.6) is 11.5 Å². The minimum atomic E-state index is -3.28. The summed E-state index contributed by atoms with van der Waals surface area (Å²) in [4.78, 5) is 14.6. The van der Waals surface area contributed by atoms with Gasteiger partial charge in [0.1, 0.15) is 13.2 Å². The molecule has 1 aromatic carbocycles. The van der Waals surface area contributed by atoms with Crippen LogP contribution in [-0.4, -0.2) is 57.3 Å². The summed E-state index contributed by atoms with van der Waals surface area (Å²) in [7, 11) is -3.28. The third kappa shape index (κ3) is 4.29. The van der Waals surface area contributed by atoms with E-state index in [-0.39, 0.29) is 11.8 Å². The molecule has 1 fully saturated rings. The average Bonchev–Trinajstić information content (AvgIpc) is 2.65. The molecule has 0 bridgehead atoms. The lowest BCUT2D eigenvalue weighted by atomic mass is 9.97. The zero-order valence-electron chi connectivity index (χ0n) is 15.2. The maximum atomic E-state index is 12.8. The Morgan fingerprint density at radius 3 is 2.73 bits per heavy atom. The number of nitrogens with one attached hydrogen (secondary N) is 1. The van der Waals surface area contributed by atoms with Gasteiger partial charge in [-0.15, -0.1) is 0 Å². The van der Waals surface area contributed by atoms with Gasteiger partial charge in [-0.1, -0.05) is 0 Å². The Bertz CT molecular complexity index is 763. The van der Waals surface area contributed by atoms with Crippen molar-refractivity contribution in [2.24, 2.45) is 5.92 Å². The zero-order valence-corrected chi connectivity index (χ0v) is 16.0. The van der Waals surface area contributed by atoms with Crippen molar-refractivity contribution < 1.29 is 22.7 Å². The second-order valence-corrected chi connectivity index (χ2v) is 9.38. The van der Waals surface area contributed by atoms with E-state index >= 15 is 0 Å². The van der Waals surface area contributed by atoms with Crippen LogP contribution >= 0.6 is 0 Å². The molecule has 7 nitrogen and oxygen atoms in total. The Morgan fingerprint density at radius 2 is 2.00 bits per heavy atom. The molecule has 1 atom stereocenters. The first-order chi connectivity index (χ1) is 12.4. The van der Waals surface area contributed by atoms with Gasteiger partial charge < -0.3 is 14.4 Å². The molecule has 8 heteroatoms. The number of amides is 1. The number of hydrogen-bond acceptors (Lipinski definition) is 5. The number of ether oxygens (including phenoxy) is 2. The van der Waals surface area contributed by atoms with E-state index in [1.54, 1.807) is 36.9 Å². The maximum Gasteiger partial charge on any atom is 0.254 e. The lowest BCUT2D eigenvalue weighted by molar-refractivity contribution is 0.0675. The van der Waals surface area contributed by atoms with Gasteiger partial charge in [-0.2, -0.15) is 0 Å². The van der Waals surface area contributed by atoms with Crippen molar-refractivity contribution >= 4 is 15.9 Å². The Morgan fingerprint density at radius 1 is 1.27 bits per heavy atom. The first-order valence-corrected chi connectivity index (χ1v) is 10.6. The van der Waals surface area contributed by atoms with Crippen molar-refractivity contribution in [3.05, 3.63) is 23.8 Å². The highest BCUT2D eigenvalue weighted by molar-refractivity contribution is 7.90. The number of hydrogen-bond donors (Lipinski definition) is 1. The molecule has 0 aromatic heterocycles. The molecule has 144 valence electrons. The van der Waals surface area contributed by atoms with Crippen LogP contribution in [0.15, 0.2) is 18.2 Å². The van der Waals surface area contributed by atoms with E-state index in [0.717, 1.165) is 12.8 Å². The van der Waals surface area contributed by atoms with Gasteiger partial charge in [0.05, 0.1) is 5.25 Å². The van der Waals surface area contributed by atoms with Crippen molar-refractivity contribution in [2.45, 2.75) is 31.9 Å². The van der Waals surface area contributed by atoms with E-state index in [9.17, 15) is 13.2 Å². The van der Waals surface area contributed by atoms with E-state index in [0.29, 0.717) is 49.9 Å². The van der Waals surface area contributed by atoms with Crippen molar-refractivity contribution in [1.29, 1.82) is 0 Å². The smallest absolute Gasteiger partial charge is 0.254 e. The number of likely N-dealkylation sites (tertiary alicyclic amines) is 1. The lowest BCUT2D eigenvalue weighted by Crippen LogP contribution is -2.44. The summed E-state index contributed by atoms with van der Waals surface area (Å²) in [5.41, 5.74) is 0.567. The first-order valence-electron chi connectivity index (χ1n) is 9.04. The van der Waals surface area contributed by atoms with Crippen LogP contribution in [0.4, 0.5) is 0 Å². The summed E-state index contributed by atoms with van der Waals surface area (Å²) in [6.07, 6.45) is 1.77. The highest BCUT2D eigenvalue weighted by Crippen LogP contribution is 2.31. The normalized spacial score (nSPS) is 20.3. The Labute approximate surface area is 154 Å². The summed E-state index contributed by atoms with van der Waals surface area (Å²) in [5, 5.41) is -0.457. The van der Waals surface area contributed by atoms with Crippen LogP contribution < -0.4 is 14.2 Å². The minimum absolute atomic E-state index is 0.0570. The summed E-state index contributed by atoms with van der Waals surface area (Å²) in [5.74, 6) is 1.32. The van der Waals surface area contributed by atoms with Gasteiger partial charge in [0, 0.05) is 25.2 Å². The van der Waals surface area contributed by atoms with E-state index in [4.69, 9.17) is 9.47 Å². The molecule has 0 aliphatic carbocycles. The Balaban J connectivity index is 1.63. The number of carbonyl (C=O) groups excluding carboxylic acids is 1. The third-order valence-corrected chi connectivity index (χ3v) is 6.60. The van der Waals surface area contributed by atoms with E-state index in [1.807, 2.05) is 0 Å². The Hall–Kier alpha value is -1.80. The average molecular weight is 382 g/mol. The van der Waals surface area contributed by atoms with Crippen LogP contribution in [0.1, 0.15) is 37.0 Å². The van der Waals surface area contributed by atoms with Crippen molar-refractivity contribution in [3.8, 4) is 11.5 Å². The predicted molar refractivity (Wildman–Crippen MR) is 98.1 cm³/mol. The number of benzene rings is 1. The maximum absolute atomic E-state index is 12.8. The number of fused-ring (bicyclic) bond motifs is 1. The quantitative estimate of drug-likeness (QED) is 0.837. The highest BCUT2D eigenvalue weighted by Gasteiger charge is 2.27. The van der Waals surface area contributed by atoms with Crippen LogP contribution in [0.3, 0.4) is 0 Å². The van der Waals surface area contributed by atoms with Crippen LogP contribution in [0, 0.1) is 5.92 Å². The van der Waals surface area contributed by atoms with E-state index in [2.05, 4.69) is 4.72 Å². The van der Waals surface area contributed by atoms with E-state index < -0.39 is 15.3 Å². The third-order valence-electron chi connectivity index (χ3n) is 4.79. The molecule has 1 amide bonds. The van der Waals surface area contributed by atoms with Gasteiger partial charge in [-0.25, -0.2) is 13.1 Å². The van der Waals surface area contributed by atoms with Gasteiger partial charge in [-0.05, 0) is 50.8 Å². The fourth-order valence-corrected chi connectivity index (χ4v) is 3.98. The number of nitrogens with zero attached hydrogens (tertiary/aromatic N) is 1. The van der Waals surface area contributed by atoms with Crippen LogP contribution in [0.2, 0.25) is 0 Å². The molecular weight excluding hydrogens is 356 g/mol. The minimum Gasteiger partial charge on any atom is -0.486 e. The number of rotatable bonds is 5. The summed E-state index contributed by atoms with van der Waals surface area (Å²) in [6, 6.07) is 5.24. The molecule has 26 heavy (non-hydrogen) atoms. The standard InChI is InChI=1S/C18H26N2O5S/c1-13(2)26(22,23)19-11-14-4-3-7-20(12-14)18(21)15-5-6-16-17(10-15)25-9-8-24-16/h5-6,10,13-14,19H,3-4,7-9,11-12H2,1-2H3. The van der Waals surface area contributed by atoms with Gasteiger partial charge in [0.25, 0.3) is 5.91 Å².